The van der Waals surface area contributed by atoms with Crippen molar-refractivity contribution in [3.8, 4) is 0 Å². The van der Waals surface area contributed by atoms with E-state index in [-0.39, 0.29) is 5.97 Å². The van der Waals surface area contributed by atoms with Gasteiger partial charge in [-0.3, -0.25) is 0 Å². The lowest BCUT2D eigenvalue weighted by Crippen LogP contribution is -2.25. The maximum absolute atomic E-state index is 11.4. The molecule has 1 aromatic rings. The molecule has 17 heavy (non-hydrogen) atoms. The molecule has 1 heterocycles. The van der Waals surface area contributed by atoms with Crippen LogP contribution in [0.2, 0.25) is 0 Å². The third kappa shape index (κ3) is 3.59. The molecule has 0 saturated carbocycles. The van der Waals surface area contributed by atoms with Crippen LogP contribution in [-0.2, 0) is 4.74 Å². The first-order valence-electron chi connectivity index (χ1n) is 5.63. The summed E-state index contributed by atoms with van der Waals surface area (Å²) in [6.45, 7) is 7.41. The number of carbonyl (C=O) groups is 1. The molecule has 1 rings (SSSR count). The Balaban J connectivity index is 2.94. The van der Waals surface area contributed by atoms with Crippen molar-refractivity contribution in [2.45, 2.75) is 13.3 Å². The molecule has 0 aliphatic heterocycles. The van der Waals surface area contributed by atoms with Crippen LogP contribution in [0.4, 0.5) is 5.82 Å². The number of hydrogen-bond acceptors (Lipinski definition) is 4. The quantitative estimate of drug-likeness (QED) is 0.559. The summed E-state index contributed by atoms with van der Waals surface area (Å²) in [5.74, 6) is 0.429. The molecule has 0 radical (unpaired) electrons. The van der Waals surface area contributed by atoms with Gasteiger partial charge in [0.2, 0.25) is 0 Å². The van der Waals surface area contributed by atoms with Crippen molar-refractivity contribution in [1.29, 1.82) is 0 Å². The van der Waals surface area contributed by atoms with Crippen molar-refractivity contribution in [2.75, 3.05) is 25.1 Å². The summed E-state index contributed by atoms with van der Waals surface area (Å²) in [6.07, 6.45) is 4.45. The van der Waals surface area contributed by atoms with Gasteiger partial charge in [-0.2, -0.15) is 0 Å². The van der Waals surface area contributed by atoms with Gasteiger partial charge < -0.3 is 9.64 Å². The van der Waals surface area contributed by atoms with Crippen LogP contribution in [-0.4, -0.2) is 31.2 Å². The van der Waals surface area contributed by atoms with Gasteiger partial charge in [-0.25, -0.2) is 9.78 Å². The highest BCUT2D eigenvalue weighted by Gasteiger charge is 2.10. The summed E-state index contributed by atoms with van der Waals surface area (Å²) in [6, 6.07) is 3.39. The van der Waals surface area contributed by atoms with E-state index in [4.69, 9.17) is 0 Å². The number of anilines is 1. The molecular formula is C13H18N2O2. The Morgan fingerprint density at radius 2 is 2.41 bits per heavy atom. The van der Waals surface area contributed by atoms with Crippen molar-refractivity contribution in [1.82, 2.24) is 4.98 Å². The van der Waals surface area contributed by atoms with E-state index in [0.29, 0.717) is 12.1 Å². The highest BCUT2D eigenvalue weighted by molar-refractivity contribution is 5.90. The molecule has 0 aliphatic rings. The van der Waals surface area contributed by atoms with Crippen LogP contribution in [0.1, 0.15) is 23.7 Å². The summed E-state index contributed by atoms with van der Waals surface area (Å²) < 4.78 is 4.69. The van der Waals surface area contributed by atoms with Gasteiger partial charge in [0.15, 0.2) is 0 Å². The minimum atomic E-state index is -0.344. The Bertz CT molecular complexity index is 391. The fourth-order valence-corrected chi connectivity index (χ4v) is 1.56. The fourth-order valence-electron chi connectivity index (χ4n) is 1.56. The van der Waals surface area contributed by atoms with E-state index >= 15 is 0 Å². The second kappa shape index (κ2) is 6.68. The fraction of sp³-hybridized carbons (Fsp3) is 0.385. The predicted octanol–water partition coefficient (Wildman–Crippen LogP) is 2.27. The Hall–Kier alpha value is -1.84. The van der Waals surface area contributed by atoms with E-state index in [2.05, 4.69) is 28.1 Å². The molecule has 0 aromatic carbocycles. The number of methoxy groups -OCH3 is 1. The van der Waals surface area contributed by atoms with Crippen LogP contribution in [0.3, 0.4) is 0 Å². The molecule has 0 N–H and O–H groups in total. The number of aromatic nitrogens is 1. The molecule has 0 fully saturated rings. The minimum absolute atomic E-state index is 0.344. The van der Waals surface area contributed by atoms with Gasteiger partial charge in [-0.15, -0.1) is 6.58 Å². The van der Waals surface area contributed by atoms with Crippen LogP contribution in [0.25, 0.3) is 0 Å². The van der Waals surface area contributed by atoms with Crippen LogP contribution in [0.15, 0.2) is 31.0 Å². The first-order valence-corrected chi connectivity index (χ1v) is 5.63. The number of esters is 1. The van der Waals surface area contributed by atoms with Gasteiger partial charge in [0.05, 0.1) is 12.7 Å². The van der Waals surface area contributed by atoms with Gasteiger partial charge in [0.25, 0.3) is 0 Å². The number of nitrogens with zero attached hydrogens (tertiary/aromatic N) is 2. The monoisotopic (exact) mass is 234 g/mol. The highest BCUT2D eigenvalue weighted by atomic mass is 16.5. The molecule has 4 nitrogen and oxygen atoms in total. The topological polar surface area (TPSA) is 42.4 Å². The maximum Gasteiger partial charge on any atom is 0.338 e. The van der Waals surface area contributed by atoms with Crippen molar-refractivity contribution in [2.24, 2.45) is 0 Å². The number of carbonyl (C=O) groups excluding carboxylic acids is 1. The average Bonchev–Trinajstić information content (AvgIpc) is 2.37. The highest BCUT2D eigenvalue weighted by Crippen LogP contribution is 2.13. The van der Waals surface area contributed by atoms with Crippen molar-refractivity contribution < 1.29 is 9.53 Å². The van der Waals surface area contributed by atoms with E-state index in [0.717, 1.165) is 18.8 Å². The molecule has 0 spiro atoms. The molecular weight excluding hydrogens is 216 g/mol. The summed E-state index contributed by atoms with van der Waals surface area (Å²) in [4.78, 5) is 17.7. The number of pyridine rings is 1. The first kappa shape index (κ1) is 13.2. The van der Waals surface area contributed by atoms with Gasteiger partial charge in [0, 0.05) is 19.3 Å². The normalized spacial score (nSPS) is 9.76. The van der Waals surface area contributed by atoms with Gasteiger partial charge in [0.1, 0.15) is 5.82 Å². The smallest absolute Gasteiger partial charge is 0.338 e. The molecule has 1 aromatic heterocycles. The zero-order chi connectivity index (χ0) is 12.7. The van der Waals surface area contributed by atoms with E-state index < -0.39 is 0 Å². The third-order valence-corrected chi connectivity index (χ3v) is 2.33. The van der Waals surface area contributed by atoms with E-state index in [1.807, 2.05) is 6.08 Å². The lowest BCUT2D eigenvalue weighted by molar-refractivity contribution is 0.0600. The minimum Gasteiger partial charge on any atom is -0.465 e. The first-order chi connectivity index (χ1) is 8.22. The van der Waals surface area contributed by atoms with Crippen LogP contribution in [0.5, 0.6) is 0 Å². The van der Waals surface area contributed by atoms with Crippen LogP contribution < -0.4 is 4.90 Å². The second-order valence-electron chi connectivity index (χ2n) is 3.63. The Morgan fingerprint density at radius 3 is 3.00 bits per heavy atom. The predicted molar refractivity (Wildman–Crippen MR) is 68.3 cm³/mol. The van der Waals surface area contributed by atoms with Crippen molar-refractivity contribution in [3.05, 3.63) is 36.5 Å². The number of rotatable bonds is 6. The van der Waals surface area contributed by atoms with Gasteiger partial charge >= 0.3 is 5.97 Å². The molecule has 4 heteroatoms. The van der Waals surface area contributed by atoms with E-state index in [1.54, 1.807) is 18.3 Å². The van der Waals surface area contributed by atoms with Crippen molar-refractivity contribution in [3.63, 3.8) is 0 Å². The molecule has 0 amide bonds. The standard InChI is InChI=1S/C13H18N2O2/c1-4-8-15(9-5-2)12-10-11(6-7-14-12)13(16)17-3/h4,6-7,10H,1,5,8-9H2,2-3H3. The number of hydrogen-bond donors (Lipinski definition) is 0. The molecule has 0 unspecified atom stereocenters. The molecule has 92 valence electrons. The van der Waals surface area contributed by atoms with Gasteiger partial charge in [-0.1, -0.05) is 13.0 Å². The van der Waals surface area contributed by atoms with E-state index in [9.17, 15) is 4.79 Å². The Kier molecular flexibility index (Phi) is 5.20. The van der Waals surface area contributed by atoms with E-state index in [1.165, 1.54) is 7.11 Å². The third-order valence-electron chi connectivity index (χ3n) is 2.33. The summed E-state index contributed by atoms with van der Waals surface area (Å²) in [5, 5.41) is 0. The SMILES string of the molecule is C=CCN(CCC)c1cc(C(=O)OC)ccn1. The second-order valence-corrected chi connectivity index (χ2v) is 3.63. The largest absolute Gasteiger partial charge is 0.465 e. The number of ether oxygens (including phenoxy) is 1. The molecule has 0 bridgehead atoms. The summed E-state index contributed by atoms with van der Waals surface area (Å²) >= 11 is 0. The maximum atomic E-state index is 11.4. The Morgan fingerprint density at radius 1 is 1.65 bits per heavy atom. The lowest BCUT2D eigenvalue weighted by atomic mass is 10.2. The summed E-state index contributed by atoms with van der Waals surface area (Å²) in [5.41, 5.74) is 0.516. The lowest BCUT2D eigenvalue weighted by Gasteiger charge is -2.21. The molecule has 0 atom stereocenters. The van der Waals surface area contributed by atoms with Crippen molar-refractivity contribution >= 4 is 11.8 Å². The summed E-state index contributed by atoms with van der Waals surface area (Å²) in [7, 11) is 1.37. The molecule has 0 saturated heterocycles. The van der Waals surface area contributed by atoms with Crippen LogP contribution >= 0.6 is 0 Å². The Labute approximate surface area is 102 Å². The van der Waals surface area contributed by atoms with Crippen LogP contribution in [0, 0.1) is 0 Å². The van der Waals surface area contributed by atoms with Gasteiger partial charge in [-0.05, 0) is 18.6 Å². The molecule has 0 aliphatic carbocycles. The zero-order valence-electron chi connectivity index (χ0n) is 10.3. The zero-order valence-corrected chi connectivity index (χ0v) is 10.3. The average molecular weight is 234 g/mol.